The fourth-order valence-electron chi connectivity index (χ4n) is 1.74. The van der Waals surface area contributed by atoms with Crippen molar-refractivity contribution in [3.8, 4) is 0 Å². The van der Waals surface area contributed by atoms with Crippen LogP contribution in [0, 0.1) is 12.7 Å². The van der Waals surface area contributed by atoms with Gasteiger partial charge in [0, 0.05) is 11.1 Å². The lowest BCUT2D eigenvalue weighted by molar-refractivity contribution is 0.635. The first-order valence-corrected chi connectivity index (χ1v) is 5.63. The van der Waals surface area contributed by atoms with Gasteiger partial charge < -0.3 is 0 Å². The summed E-state index contributed by atoms with van der Waals surface area (Å²) in [6.07, 6.45) is 0. The molecule has 0 unspecified atom stereocenters. The zero-order chi connectivity index (χ0) is 11.9. The molecular formula is C13H13ClFN. The van der Waals surface area contributed by atoms with Gasteiger partial charge in [-0.3, -0.25) is 0 Å². The van der Waals surface area contributed by atoms with Crippen molar-refractivity contribution in [2.45, 2.75) is 26.7 Å². The molecule has 0 amide bonds. The minimum atomic E-state index is -0.315. The Kier molecular flexibility index (Phi) is 2.85. The lowest BCUT2D eigenvalue weighted by atomic mass is 10.1. The summed E-state index contributed by atoms with van der Waals surface area (Å²) in [4.78, 5) is 4.34. The van der Waals surface area contributed by atoms with Gasteiger partial charge in [0.05, 0.1) is 5.02 Å². The summed E-state index contributed by atoms with van der Waals surface area (Å²) in [6, 6.07) is 4.98. The summed E-state index contributed by atoms with van der Waals surface area (Å²) < 4.78 is 13.7. The molecule has 0 spiro atoms. The molecular weight excluding hydrogens is 225 g/mol. The smallest absolute Gasteiger partial charge is 0.149 e. The SMILES string of the molecule is Cc1ccc(F)c2nc(C(C)C)cc(Cl)c12. The van der Waals surface area contributed by atoms with Gasteiger partial charge in [0.2, 0.25) is 0 Å². The van der Waals surface area contributed by atoms with E-state index in [1.807, 2.05) is 26.8 Å². The van der Waals surface area contributed by atoms with Crippen molar-refractivity contribution in [3.05, 3.63) is 40.3 Å². The van der Waals surface area contributed by atoms with Gasteiger partial charge in [0.1, 0.15) is 11.3 Å². The fourth-order valence-corrected chi connectivity index (χ4v) is 2.09. The molecule has 0 aliphatic carbocycles. The van der Waals surface area contributed by atoms with Crippen molar-refractivity contribution < 1.29 is 4.39 Å². The lowest BCUT2D eigenvalue weighted by Gasteiger charge is -2.10. The number of aryl methyl sites for hydroxylation is 1. The molecule has 16 heavy (non-hydrogen) atoms. The number of benzene rings is 1. The molecule has 0 saturated heterocycles. The summed E-state index contributed by atoms with van der Waals surface area (Å²) in [7, 11) is 0. The van der Waals surface area contributed by atoms with Crippen LogP contribution < -0.4 is 0 Å². The molecule has 0 N–H and O–H groups in total. The van der Waals surface area contributed by atoms with Crippen LogP contribution in [0.25, 0.3) is 10.9 Å². The van der Waals surface area contributed by atoms with Crippen LogP contribution in [0.4, 0.5) is 4.39 Å². The first kappa shape index (κ1) is 11.3. The summed E-state index contributed by atoms with van der Waals surface area (Å²) in [6.45, 7) is 5.93. The zero-order valence-electron chi connectivity index (χ0n) is 9.51. The summed E-state index contributed by atoms with van der Waals surface area (Å²) in [5, 5.41) is 1.29. The van der Waals surface area contributed by atoms with Crippen molar-refractivity contribution in [1.29, 1.82) is 0 Å². The maximum absolute atomic E-state index is 13.7. The van der Waals surface area contributed by atoms with Crippen molar-refractivity contribution in [2.24, 2.45) is 0 Å². The second-order valence-electron chi connectivity index (χ2n) is 4.27. The second kappa shape index (κ2) is 4.02. The van der Waals surface area contributed by atoms with Gasteiger partial charge in [-0.2, -0.15) is 0 Å². The van der Waals surface area contributed by atoms with Crippen LogP contribution in [0.3, 0.4) is 0 Å². The normalized spacial score (nSPS) is 11.4. The number of halogens is 2. The monoisotopic (exact) mass is 237 g/mol. The van der Waals surface area contributed by atoms with Crippen LogP contribution in [-0.2, 0) is 0 Å². The molecule has 0 saturated carbocycles. The third kappa shape index (κ3) is 1.78. The first-order valence-electron chi connectivity index (χ1n) is 5.26. The predicted molar refractivity (Wildman–Crippen MR) is 65.5 cm³/mol. The number of pyridine rings is 1. The molecule has 1 aromatic heterocycles. The van der Waals surface area contributed by atoms with Crippen molar-refractivity contribution in [3.63, 3.8) is 0 Å². The number of fused-ring (bicyclic) bond motifs is 1. The van der Waals surface area contributed by atoms with Gasteiger partial charge in [-0.1, -0.05) is 31.5 Å². The molecule has 2 rings (SSSR count). The fraction of sp³-hybridized carbons (Fsp3) is 0.308. The summed E-state index contributed by atoms with van der Waals surface area (Å²) in [5.41, 5.74) is 2.14. The maximum Gasteiger partial charge on any atom is 0.149 e. The van der Waals surface area contributed by atoms with Crippen LogP contribution in [0.1, 0.15) is 31.0 Å². The highest BCUT2D eigenvalue weighted by Crippen LogP contribution is 2.30. The number of nitrogens with zero attached hydrogens (tertiary/aromatic N) is 1. The van der Waals surface area contributed by atoms with E-state index in [-0.39, 0.29) is 11.7 Å². The first-order chi connectivity index (χ1) is 7.50. The molecule has 0 aliphatic rings. The van der Waals surface area contributed by atoms with Crippen LogP contribution >= 0.6 is 11.6 Å². The minimum Gasteiger partial charge on any atom is -0.249 e. The van der Waals surface area contributed by atoms with Gasteiger partial charge >= 0.3 is 0 Å². The van der Waals surface area contributed by atoms with Gasteiger partial charge in [-0.25, -0.2) is 9.37 Å². The number of hydrogen-bond acceptors (Lipinski definition) is 1. The van der Waals surface area contributed by atoms with E-state index in [1.54, 1.807) is 6.07 Å². The minimum absolute atomic E-state index is 0.238. The van der Waals surface area contributed by atoms with Crippen molar-refractivity contribution in [1.82, 2.24) is 4.98 Å². The Labute approximate surface area is 99.3 Å². The average Bonchev–Trinajstić information content (AvgIpc) is 2.22. The quantitative estimate of drug-likeness (QED) is 0.714. The van der Waals surface area contributed by atoms with E-state index < -0.39 is 0 Å². The largest absolute Gasteiger partial charge is 0.249 e. The Morgan fingerprint density at radius 1 is 1.31 bits per heavy atom. The highest BCUT2D eigenvalue weighted by Gasteiger charge is 2.12. The van der Waals surface area contributed by atoms with Crippen LogP contribution in [0.2, 0.25) is 5.02 Å². The number of hydrogen-bond donors (Lipinski definition) is 0. The van der Waals surface area contributed by atoms with Crippen LogP contribution in [0.5, 0.6) is 0 Å². The van der Waals surface area contributed by atoms with Crippen LogP contribution in [-0.4, -0.2) is 4.98 Å². The summed E-state index contributed by atoms with van der Waals surface area (Å²) in [5.74, 6) is -0.0770. The Morgan fingerprint density at radius 3 is 2.62 bits per heavy atom. The van der Waals surface area contributed by atoms with Crippen LogP contribution in [0.15, 0.2) is 18.2 Å². The molecule has 1 nitrogen and oxygen atoms in total. The topological polar surface area (TPSA) is 12.9 Å². The molecule has 3 heteroatoms. The predicted octanol–water partition coefficient (Wildman–Crippen LogP) is 4.46. The third-order valence-corrected chi connectivity index (χ3v) is 2.98. The van der Waals surface area contributed by atoms with E-state index >= 15 is 0 Å². The van der Waals surface area contributed by atoms with Gasteiger partial charge in [-0.15, -0.1) is 0 Å². The average molecular weight is 238 g/mol. The van der Waals surface area contributed by atoms with Crippen molar-refractivity contribution >= 4 is 22.5 Å². The molecule has 0 radical (unpaired) electrons. The number of rotatable bonds is 1. The standard InChI is InChI=1S/C13H13ClFN/c1-7(2)11-6-9(14)12-8(3)4-5-10(15)13(12)16-11/h4-7H,1-3H3. The van der Waals surface area contributed by atoms with E-state index in [2.05, 4.69) is 4.98 Å². The van der Waals surface area contributed by atoms with Crippen molar-refractivity contribution in [2.75, 3.05) is 0 Å². The molecule has 1 aromatic carbocycles. The van der Waals surface area contributed by atoms with E-state index in [0.717, 1.165) is 11.3 Å². The highest BCUT2D eigenvalue weighted by molar-refractivity contribution is 6.35. The third-order valence-electron chi connectivity index (χ3n) is 2.68. The maximum atomic E-state index is 13.7. The molecule has 0 bridgehead atoms. The molecule has 0 atom stereocenters. The molecule has 84 valence electrons. The molecule has 2 aromatic rings. The Balaban J connectivity index is 2.86. The van der Waals surface area contributed by atoms with Gasteiger partial charge in [-0.05, 0) is 30.5 Å². The Morgan fingerprint density at radius 2 is 2.00 bits per heavy atom. The van der Waals surface area contributed by atoms with Gasteiger partial charge in [0.25, 0.3) is 0 Å². The molecule has 0 aliphatic heterocycles. The summed E-state index contributed by atoms with van der Waals surface area (Å²) >= 11 is 6.18. The van der Waals surface area contributed by atoms with E-state index in [4.69, 9.17) is 11.6 Å². The Hall–Kier alpha value is -1.15. The zero-order valence-corrected chi connectivity index (χ0v) is 10.3. The Bertz CT molecular complexity index is 549. The van der Waals surface area contributed by atoms with Gasteiger partial charge in [0.15, 0.2) is 0 Å². The molecule has 0 fully saturated rings. The second-order valence-corrected chi connectivity index (χ2v) is 4.68. The molecule has 1 heterocycles. The highest BCUT2D eigenvalue weighted by atomic mass is 35.5. The van der Waals surface area contributed by atoms with E-state index in [0.29, 0.717) is 15.9 Å². The van der Waals surface area contributed by atoms with E-state index in [9.17, 15) is 4.39 Å². The lowest BCUT2D eigenvalue weighted by Crippen LogP contribution is -1.96. The number of aromatic nitrogens is 1. The van der Waals surface area contributed by atoms with E-state index in [1.165, 1.54) is 6.07 Å².